The zero-order chi connectivity index (χ0) is 65.5. The molecule has 468 valence electrons. The van der Waals surface area contributed by atoms with Gasteiger partial charge in [-0.05, 0) is 220 Å². The lowest BCUT2D eigenvalue weighted by molar-refractivity contribution is 1.32. The highest BCUT2D eigenvalue weighted by atomic mass is 79.9. The standard InChI is InChI=1S/C56H40N2S2.C24H19N.C8H4Br2S2/c1-5-13-41(14-6-1)45-21-29-49(30-22-45)57(50-31-23-46(24-32-50)42-15-7-2-8-16-42)55-39-37-53(59-55)54-38-40-56(60-54)58(51-33-25-47(26-34-51)43-17-9-3-10-18-43)52-35-27-48(28-36-52)44-19-11-4-12-20-44;1-3-7-19(8-4-1)21-11-15-23(16-12-21)25-24-17-13-22(14-18-24)20-9-5-2-6-10-20;9-7-3-1-5(11-7)6-2-4-8(10)12-6/h1-40H;1-18,25H;1-4H. The van der Waals surface area contributed by atoms with Gasteiger partial charge in [0.1, 0.15) is 10.0 Å². The minimum atomic E-state index is 1.09. The summed E-state index contributed by atoms with van der Waals surface area (Å²) in [6.45, 7) is 0. The quantitative estimate of drug-likeness (QED) is 0.104. The van der Waals surface area contributed by atoms with E-state index < -0.39 is 0 Å². The number of hydrogen-bond donors (Lipinski definition) is 1. The minimum absolute atomic E-state index is 1.09. The van der Waals surface area contributed by atoms with Gasteiger partial charge in [0, 0.05) is 53.6 Å². The lowest BCUT2D eigenvalue weighted by Crippen LogP contribution is -2.08. The van der Waals surface area contributed by atoms with Crippen LogP contribution in [0.4, 0.5) is 44.1 Å². The second kappa shape index (κ2) is 31.1. The molecule has 1 N–H and O–H groups in total. The van der Waals surface area contributed by atoms with Gasteiger partial charge in [-0.1, -0.05) is 255 Å². The largest absolute Gasteiger partial charge is 0.356 e. The summed E-state index contributed by atoms with van der Waals surface area (Å²) < 4.78 is 2.36. The Morgan fingerprint density at radius 3 is 0.598 bits per heavy atom. The van der Waals surface area contributed by atoms with Gasteiger partial charge in [-0.25, -0.2) is 0 Å². The van der Waals surface area contributed by atoms with E-state index in [1.807, 2.05) is 34.8 Å². The number of benzene rings is 12. The molecule has 4 heterocycles. The van der Waals surface area contributed by atoms with E-state index in [0.717, 1.165) is 44.1 Å². The smallest absolute Gasteiger partial charge is 0.101 e. The lowest BCUT2D eigenvalue weighted by atomic mass is 10.0. The molecule has 0 radical (unpaired) electrons. The van der Waals surface area contributed by atoms with Gasteiger partial charge in [0.05, 0.1) is 7.57 Å². The second-order valence-electron chi connectivity index (χ2n) is 22.8. The SMILES string of the molecule is Brc1ccc(-c2ccc(Br)s2)s1.c1ccc(-c2ccc(N(c3ccc(-c4ccccc4)cc3)c3ccc(-c4ccc(N(c5ccc(-c6ccccc6)cc5)c5ccc(-c6ccccc6)cc5)s4)s3)cc2)cc1.c1ccc(-c2ccc(Nc3ccc(-c4ccccc4)cc3)cc2)cc1. The molecule has 0 saturated heterocycles. The topological polar surface area (TPSA) is 18.5 Å². The maximum absolute atomic E-state index is 3.46. The molecule has 12 aromatic carbocycles. The van der Waals surface area contributed by atoms with Gasteiger partial charge in [0.15, 0.2) is 0 Å². The van der Waals surface area contributed by atoms with Gasteiger partial charge in [0.25, 0.3) is 0 Å². The number of halogens is 2. The summed E-state index contributed by atoms with van der Waals surface area (Å²) in [5.41, 5.74) is 21.2. The minimum Gasteiger partial charge on any atom is -0.356 e. The van der Waals surface area contributed by atoms with Gasteiger partial charge in [-0.3, -0.25) is 0 Å². The van der Waals surface area contributed by atoms with Gasteiger partial charge < -0.3 is 15.1 Å². The summed E-state index contributed by atoms with van der Waals surface area (Å²) >= 11 is 14.1. The third-order valence-electron chi connectivity index (χ3n) is 16.5. The average molecular weight is 1450 g/mol. The Morgan fingerprint density at radius 1 is 0.186 bits per heavy atom. The summed E-state index contributed by atoms with van der Waals surface area (Å²) in [5.74, 6) is 0. The number of hydrogen-bond acceptors (Lipinski definition) is 7. The Balaban J connectivity index is 0.000000176. The molecule has 0 spiro atoms. The average Bonchev–Trinajstić information content (AvgIpc) is 1.79. The first-order valence-corrected chi connectivity index (χ1v) is 36.7. The molecule has 0 amide bonds. The van der Waals surface area contributed by atoms with Crippen molar-refractivity contribution < 1.29 is 0 Å². The first kappa shape index (κ1) is 64.2. The molecule has 16 aromatic rings. The molecule has 97 heavy (non-hydrogen) atoms. The van der Waals surface area contributed by atoms with Crippen molar-refractivity contribution in [2.45, 2.75) is 0 Å². The van der Waals surface area contributed by atoms with Crippen LogP contribution in [-0.4, -0.2) is 0 Å². The molecule has 0 bridgehead atoms. The molecular formula is C88H63Br2N3S4. The van der Waals surface area contributed by atoms with Crippen LogP contribution in [0.5, 0.6) is 0 Å². The molecule has 0 aliphatic rings. The van der Waals surface area contributed by atoms with Crippen molar-refractivity contribution in [3.63, 3.8) is 0 Å². The Hall–Kier alpha value is -10.2. The summed E-state index contributed by atoms with van der Waals surface area (Å²) in [6.07, 6.45) is 0. The number of nitrogens with one attached hydrogen (secondary N) is 1. The highest BCUT2D eigenvalue weighted by Crippen LogP contribution is 2.48. The zero-order valence-electron chi connectivity index (χ0n) is 52.6. The molecule has 0 aliphatic heterocycles. The summed E-state index contributed by atoms with van der Waals surface area (Å²) in [5, 5.41) is 5.78. The lowest BCUT2D eigenvalue weighted by Gasteiger charge is -2.24. The predicted octanol–water partition coefficient (Wildman–Crippen LogP) is 28.9. The molecule has 0 aliphatic carbocycles. The van der Waals surface area contributed by atoms with E-state index in [1.165, 1.54) is 93.8 Å². The van der Waals surface area contributed by atoms with Crippen molar-refractivity contribution in [1.82, 2.24) is 0 Å². The van der Waals surface area contributed by atoms with E-state index in [2.05, 4.69) is 411 Å². The number of rotatable bonds is 16. The van der Waals surface area contributed by atoms with Crippen molar-refractivity contribution in [3.8, 4) is 86.3 Å². The van der Waals surface area contributed by atoms with Crippen molar-refractivity contribution in [2.24, 2.45) is 0 Å². The first-order chi connectivity index (χ1) is 47.9. The van der Waals surface area contributed by atoms with E-state index >= 15 is 0 Å². The maximum Gasteiger partial charge on any atom is 0.101 e. The maximum atomic E-state index is 3.46. The van der Waals surface area contributed by atoms with Crippen LogP contribution in [0, 0.1) is 0 Å². The highest BCUT2D eigenvalue weighted by Gasteiger charge is 2.20. The Kier molecular flexibility index (Phi) is 20.6. The van der Waals surface area contributed by atoms with Gasteiger partial charge in [0.2, 0.25) is 0 Å². The Bertz CT molecular complexity index is 4590. The fourth-order valence-electron chi connectivity index (χ4n) is 11.5. The van der Waals surface area contributed by atoms with Crippen LogP contribution in [0.1, 0.15) is 0 Å². The van der Waals surface area contributed by atoms with Crippen LogP contribution in [0.2, 0.25) is 0 Å². The molecule has 0 atom stereocenters. The molecule has 4 aromatic heterocycles. The Morgan fingerprint density at radius 2 is 0.381 bits per heavy atom. The zero-order valence-corrected chi connectivity index (χ0v) is 59.0. The van der Waals surface area contributed by atoms with Crippen LogP contribution >= 0.6 is 77.2 Å². The Labute approximate surface area is 601 Å². The molecular weight excluding hydrogens is 1390 g/mol. The van der Waals surface area contributed by atoms with E-state index in [4.69, 9.17) is 0 Å². The normalized spacial score (nSPS) is 10.8. The summed E-state index contributed by atoms with van der Waals surface area (Å²) in [6, 6.07) is 133. The highest BCUT2D eigenvalue weighted by molar-refractivity contribution is 9.11. The molecule has 0 saturated carbocycles. The third kappa shape index (κ3) is 16.0. The molecule has 0 unspecified atom stereocenters. The monoisotopic (exact) mass is 1450 g/mol. The summed E-state index contributed by atoms with van der Waals surface area (Å²) in [4.78, 5) is 9.84. The van der Waals surface area contributed by atoms with Gasteiger partial charge in [-0.2, -0.15) is 0 Å². The van der Waals surface area contributed by atoms with E-state index in [1.54, 1.807) is 22.7 Å². The van der Waals surface area contributed by atoms with Crippen LogP contribution in [0.25, 0.3) is 86.3 Å². The van der Waals surface area contributed by atoms with Crippen LogP contribution in [0.3, 0.4) is 0 Å². The van der Waals surface area contributed by atoms with Crippen molar-refractivity contribution in [2.75, 3.05) is 15.1 Å². The van der Waals surface area contributed by atoms with E-state index in [9.17, 15) is 0 Å². The van der Waals surface area contributed by atoms with E-state index in [-0.39, 0.29) is 0 Å². The van der Waals surface area contributed by atoms with Crippen LogP contribution in [0.15, 0.2) is 384 Å². The third-order valence-corrected chi connectivity index (χ3v) is 22.2. The van der Waals surface area contributed by atoms with Crippen molar-refractivity contribution >= 4 is 121 Å². The van der Waals surface area contributed by atoms with Crippen LogP contribution < -0.4 is 15.1 Å². The molecule has 3 nitrogen and oxygen atoms in total. The van der Waals surface area contributed by atoms with E-state index in [0.29, 0.717) is 0 Å². The number of nitrogens with zero attached hydrogens (tertiary/aromatic N) is 2. The molecule has 9 heteroatoms. The van der Waals surface area contributed by atoms with Crippen molar-refractivity contribution in [1.29, 1.82) is 0 Å². The van der Waals surface area contributed by atoms with Gasteiger partial charge in [-0.15, -0.1) is 45.3 Å². The van der Waals surface area contributed by atoms with Crippen LogP contribution in [-0.2, 0) is 0 Å². The molecule has 0 fully saturated rings. The first-order valence-electron chi connectivity index (χ1n) is 31.9. The predicted molar refractivity (Wildman–Crippen MR) is 429 cm³/mol. The second-order valence-corrected chi connectivity index (χ2v) is 29.9. The fourth-order valence-corrected chi connectivity index (χ4v) is 16.6. The van der Waals surface area contributed by atoms with Gasteiger partial charge >= 0.3 is 0 Å². The fraction of sp³-hybridized carbons (Fsp3) is 0. The number of thiophene rings is 4. The van der Waals surface area contributed by atoms with Crippen molar-refractivity contribution in [3.05, 3.63) is 384 Å². The summed E-state index contributed by atoms with van der Waals surface area (Å²) in [7, 11) is 0. The number of anilines is 8. The molecule has 16 rings (SSSR count).